The van der Waals surface area contributed by atoms with Gasteiger partial charge in [-0.15, -0.1) is 0 Å². The van der Waals surface area contributed by atoms with Gasteiger partial charge in [-0.25, -0.2) is 12.7 Å². The predicted molar refractivity (Wildman–Crippen MR) is 111 cm³/mol. The van der Waals surface area contributed by atoms with Gasteiger partial charge in [0.15, 0.2) is 5.96 Å². The molecular formula is C19H29N5O2S. The molecule has 0 radical (unpaired) electrons. The summed E-state index contributed by atoms with van der Waals surface area (Å²) in [6.07, 6.45) is 3.79. The van der Waals surface area contributed by atoms with Crippen molar-refractivity contribution in [2.75, 3.05) is 38.5 Å². The van der Waals surface area contributed by atoms with Gasteiger partial charge in [-0.3, -0.25) is 4.99 Å². The molecule has 0 bridgehead atoms. The van der Waals surface area contributed by atoms with Gasteiger partial charge in [0.25, 0.3) is 0 Å². The molecule has 8 heteroatoms. The van der Waals surface area contributed by atoms with E-state index in [1.54, 1.807) is 4.31 Å². The fourth-order valence-electron chi connectivity index (χ4n) is 3.35. The van der Waals surface area contributed by atoms with E-state index in [-0.39, 0.29) is 5.75 Å². The van der Waals surface area contributed by atoms with Crippen LogP contribution < -0.4 is 10.6 Å². The minimum Gasteiger partial charge on any atom is -0.357 e. The number of benzene rings is 1. The number of guanidine groups is 1. The first-order valence-corrected chi connectivity index (χ1v) is 11.2. The summed E-state index contributed by atoms with van der Waals surface area (Å²) in [7, 11) is -3.03. The molecule has 0 spiro atoms. The zero-order chi connectivity index (χ0) is 19.1. The second kappa shape index (κ2) is 9.23. The summed E-state index contributed by atoms with van der Waals surface area (Å²) in [4.78, 5) is 4.61. The summed E-state index contributed by atoms with van der Waals surface area (Å²) in [5.41, 5.74) is 1.25. The monoisotopic (exact) mass is 391 g/mol. The summed E-state index contributed by atoms with van der Waals surface area (Å²) >= 11 is 0. The van der Waals surface area contributed by atoms with E-state index in [9.17, 15) is 8.42 Å². The van der Waals surface area contributed by atoms with Crippen LogP contribution >= 0.6 is 0 Å². The SMILES string of the molecule is CCNC(=NCCCn1ccc2ccccc21)NCCN1CCCS1(=O)=O. The quantitative estimate of drug-likeness (QED) is 0.407. The normalized spacial score (nSPS) is 17.4. The van der Waals surface area contributed by atoms with Gasteiger partial charge in [-0.05, 0) is 37.3 Å². The fraction of sp³-hybridized carbons (Fsp3) is 0.526. The van der Waals surface area contributed by atoms with Gasteiger partial charge < -0.3 is 15.2 Å². The van der Waals surface area contributed by atoms with Crippen molar-refractivity contribution < 1.29 is 8.42 Å². The van der Waals surface area contributed by atoms with Crippen LogP contribution in [0.3, 0.4) is 0 Å². The standard InChI is InChI=1S/C19H29N5O2S/c1-2-20-19(22-11-15-24-13-6-16-27(24,25)26)21-10-5-12-23-14-9-17-7-3-4-8-18(17)23/h3-4,7-9,14H,2,5-6,10-13,15-16H2,1H3,(H2,20,21,22). The molecule has 2 heterocycles. The minimum absolute atomic E-state index is 0.273. The molecule has 1 fully saturated rings. The minimum atomic E-state index is -3.03. The maximum absolute atomic E-state index is 11.8. The van der Waals surface area contributed by atoms with Gasteiger partial charge in [0.05, 0.1) is 5.75 Å². The molecule has 1 aliphatic rings. The van der Waals surface area contributed by atoms with Crippen LogP contribution in [0.15, 0.2) is 41.5 Å². The zero-order valence-electron chi connectivity index (χ0n) is 15.9. The average Bonchev–Trinajstić information content (AvgIpc) is 3.21. The first-order chi connectivity index (χ1) is 13.1. The van der Waals surface area contributed by atoms with E-state index < -0.39 is 10.0 Å². The van der Waals surface area contributed by atoms with Gasteiger partial charge >= 0.3 is 0 Å². The Morgan fingerprint density at radius 3 is 2.81 bits per heavy atom. The van der Waals surface area contributed by atoms with Gasteiger partial charge in [-0.2, -0.15) is 0 Å². The van der Waals surface area contributed by atoms with Crippen LogP contribution in [0.25, 0.3) is 10.9 Å². The number of hydrogen-bond acceptors (Lipinski definition) is 3. The third-order valence-corrected chi connectivity index (χ3v) is 6.66. The van der Waals surface area contributed by atoms with Crippen molar-refractivity contribution in [2.45, 2.75) is 26.3 Å². The van der Waals surface area contributed by atoms with Crippen molar-refractivity contribution in [3.05, 3.63) is 36.5 Å². The van der Waals surface area contributed by atoms with Crippen LogP contribution in [0.4, 0.5) is 0 Å². The lowest BCUT2D eigenvalue weighted by Gasteiger charge is -2.16. The summed E-state index contributed by atoms with van der Waals surface area (Å²) in [6, 6.07) is 10.5. The summed E-state index contributed by atoms with van der Waals surface area (Å²) in [5.74, 6) is 1.02. The number of sulfonamides is 1. The van der Waals surface area contributed by atoms with Crippen molar-refractivity contribution >= 4 is 26.9 Å². The Hall–Kier alpha value is -2.06. The molecule has 0 amide bonds. The number of nitrogens with one attached hydrogen (secondary N) is 2. The van der Waals surface area contributed by atoms with E-state index in [1.165, 1.54) is 10.9 Å². The van der Waals surface area contributed by atoms with Crippen LogP contribution in [-0.4, -0.2) is 61.7 Å². The van der Waals surface area contributed by atoms with Crippen molar-refractivity contribution in [1.29, 1.82) is 0 Å². The maximum Gasteiger partial charge on any atom is 0.214 e. The Kier molecular flexibility index (Phi) is 6.73. The summed E-state index contributed by atoms with van der Waals surface area (Å²) in [5, 5.41) is 7.71. The lowest BCUT2D eigenvalue weighted by molar-refractivity contribution is 0.445. The number of rotatable bonds is 8. The topological polar surface area (TPSA) is 78.7 Å². The van der Waals surface area contributed by atoms with E-state index in [0.717, 1.165) is 31.9 Å². The number of para-hydroxylation sites is 1. The first-order valence-electron chi connectivity index (χ1n) is 9.64. The number of fused-ring (bicyclic) bond motifs is 1. The van der Waals surface area contributed by atoms with Gasteiger partial charge in [0, 0.05) is 51.0 Å². The van der Waals surface area contributed by atoms with Crippen LogP contribution in [0, 0.1) is 0 Å². The molecule has 0 saturated carbocycles. The maximum atomic E-state index is 11.8. The second-order valence-electron chi connectivity index (χ2n) is 6.68. The Bertz CT molecular complexity index is 875. The van der Waals surface area contributed by atoms with Crippen molar-refractivity contribution in [3.8, 4) is 0 Å². The van der Waals surface area contributed by atoms with Crippen LogP contribution in [0.5, 0.6) is 0 Å². The van der Waals surface area contributed by atoms with E-state index in [2.05, 4.69) is 56.7 Å². The highest BCUT2D eigenvalue weighted by Gasteiger charge is 2.27. The number of aliphatic imine (C=N–C) groups is 1. The van der Waals surface area contributed by atoms with E-state index in [1.807, 2.05) is 6.92 Å². The van der Waals surface area contributed by atoms with Gasteiger partial charge in [-0.1, -0.05) is 18.2 Å². The number of aromatic nitrogens is 1. The third kappa shape index (κ3) is 5.23. The Morgan fingerprint density at radius 1 is 1.19 bits per heavy atom. The van der Waals surface area contributed by atoms with E-state index in [4.69, 9.17) is 0 Å². The highest BCUT2D eigenvalue weighted by Crippen LogP contribution is 2.15. The van der Waals surface area contributed by atoms with Crippen molar-refractivity contribution in [3.63, 3.8) is 0 Å². The summed E-state index contributed by atoms with van der Waals surface area (Å²) in [6.45, 7) is 6.11. The Balaban J connectivity index is 1.45. The fourth-order valence-corrected chi connectivity index (χ4v) is 4.88. The highest BCUT2D eigenvalue weighted by molar-refractivity contribution is 7.89. The lowest BCUT2D eigenvalue weighted by Crippen LogP contribution is -2.42. The second-order valence-corrected chi connectivity index (χ2v) is 8.77. The van der Waals surface area contributed by atoms with Crippen molar-refractivity contribution in [1.82, 2.24) is 19.5 Å². The number of hydrogen-bond donors (Lipinski definition) is 2. The predicted octanol–water partition coefficient (Wildman–Crippen LogP) is 1.62. The van der Waals surface area contributed by atoms with Crippen molar-refractivity contribution in [2.24, 2.45) is 4.99 Å². The molecule has 3 rings (SSSR count). The lowest BCUT2D eigenvalue weighted by atomic mass is 10.2. The van der Waals surface area contributed by atoms with Crippen LogP contribution in [0.1, 0.15) is 19.8 Å². The Morgan fingerprint density at radius 2 is 2.04 bits per heavy atom. The molecule has 2 N–H and O–H groups in total. The van der Waals surface area contributed by atoms with Crippen LogP contribution in [0.2, 0.25) is 0 Å². The largest absolute Gasteiger partial charge is 0.357 e. The molecule has 148 valence electrons. The average molecular weight is 392 g/mol. The number of aryl methyl sites for hydroxylation is 1. The molecule has 1 aromatic carbocycles. The smallest absolute Gasteiger partial charge is 0.214 e. The zero-order valence-corrected chi connectivity index (χ0v) is 16.7. The van der Waals surface area contributed by atoms with E-state index in [0.29, 0.717) is 26.2 Å². The van der Waals surface area contributed by atoms with E-state index >= 15 is 0 Å². The molecule has 0 atom stereocenters. The summed E-state index contributed by atoms with van der Waals surface area (Å²) < 4.78 is 27.5. The molecule has 0 aliphatic carbocycles. The molecular weight excluding hydrogens is 362 g/mol. The molecule has 7 nitrogen and oxygen atoms in total. The molecule has 1 saturated heterocycles. The van der Waals surface area contributed by atoms with Gasteiger partial charge in [0.2, 0.25) is 10.0 Å². The molecule has 27 heavy (non-hydrogen) atoms. The highest BCUT2D eigenvalue weighted by atomic mass is 32.2. The molecule has 1 aliphatic heterocycles. The molecule has 0 unspecified atom stereocenters. The Labute approximate surface area is 161 Å². The number of nitrogens with zero attached hydrogens (tertiary/aromatic N) is 3. The van der Waals surface area contributed by atoms with Gasteiger partial charge in [0.1, 0.15) is 0 Å². The van der Waals surface area contributed by atoms with Crippen LogP contribution in [-0.2, 0) is 16.6 Å². The third-order valence-electron chi connectivity index (χ3n) is 4.71. The first kappa shape index (κ1) is 19.7. The molecule has 1 aromatic heterocycles. The molecule has 2 aromatic rings.